The number of ether oxygens (including phenoxy) is 4. The number of likely N-dealkylation sites (tertiary alicyclic amines) is 1. The van der Waals surface area contributed by atoms with Gasteiger partial charge in [-0.2, -0.15) is 0 Å². The number of aromatic nitrogens is 1. The lowest BCUT2D eigenvalue weighted by Gasteiger charge is -2.26. The van der Waals surface area contributed by atoms with Crippen LogP contribution in [-0.4, -0.2) is 72.6 Å². The second-order valence-electron chi connectivity index (χ2n) is 12.2. The molecule has 1 saturated heterocycles. The predicted octanol–water partition coefficient (Wildman–Crippen LogP) is 7.62. The number of amides is 2. The van der Waals surface area contributed by atoms with Gasteiger partial charge in [-0.3, -0.25) is 14.9 Å². The number of pyridine rings is 1. The fourth-order valence-electron chi connectivity index (χ4n) is 4.77. The molecule has 0 spiro atoms. The average molecular weight is 662 g/mol. The number of unbranched alkanes of at least 4 members (excludes halogenated alkanes) is 2. The predicted molar refractivity (Wildman–Crippen MR) is 179 cm³/mol. The second kappa shape index (κ2) is 18.1. The van der Waals surface area contributed by atoms with Crippen molar-refractivity contribution in [3.8, 4) is 11.5 Å². The van der Waals surface area contributed by atoms with Crippen LogP contribution in [0, 0.1) is 5.41 Å². The van der Waals surface area contributed by atoms with Crippen LogP contribution >= 0.6 is 21.6 Å². The van der Waals surface area contributed by atoms with Gasteiger partial charge >= 0.3 is 12.1 Å². The van der Waals surface area contributed by atoms with Crippen LogP contribution in [0.2, 0.25) is 0 Å². The number of carbonyl (C=O) groups is 3. The first-order valence-corrected chi connectivity index (χ1v) is 17.7. The molecule has 45 heavy (non-hydrogen) atoms. The maximum atomic E-state index is 13.9. The monoisotopic (exact) mass is 661 g/mol. The molecule has 1 fully saturated rings. The number of carbonyl (C=O) groups excluding carboxylic acids is 3. The van der Waals surface area contributed by atoms with Crippen molar-refractivity contribution in [2.24, 2.45) is 5.41 Å². The van der Waals surface area contributed by atoms with Crippen LogP contribution in [0.3, 0.4) is 0 Å². The van der Waals surface area contributed by atoms with Crippen LogP contribution in [0.5, 0.6) is 11.5 Å². The summed E-state index contributed by atoms with van der Waals surface area (Å²) in [5.74, 6) is 0.113. The van der Waals surface area contributed by atoms with E-state index in [1.807, 2.05) is 25.1 Å². The Labute approximate surface area is 275 Å². The van der Waals surface area contributed by atoms with Gasteiger partial charge in [-0.25, -0.2) is 9.78 Å². The number of nitrogens with zero attached hydrogens (tertiary/aromatic N) is 2. The minimum absolute atomic E-state index is 0.0106. The molecule has 2 aromatic rings. The molecule has 12 heteroatoms. The summed E-state index contributed by atoms with van der Waals surface area (Å²) in [6.45, 7) is 11.3. The van der Waals surface area contributed by atoms with E-state index in [4.69, 9.17) is 18.9 Å². The van der Waals surface area contributed by atoms with E-state index in [-0.39, 0.29) is 41.7 Å². The van der Waals surface area contributed by atoms with Crippen LogP contribution in [0.15, 0.2) is 41.6 Å². The van der Waals surface area contributed by atoms with Crippen molar-refractivity contribution in [3.05, 3.63) is 42.1 Å². The molecule has 1 aliphatic heterocycles. The molecule has 2 amide bonds. The van der Waals surface area contributed by atoms with E-state index >= 15 is 0 Å². The highest BCUT2D eigenvalue weighted by Crippen LogP contribution is 2.36. The first kappa shape index (κ1) is 36.3. The summed E-state index contributed by atoms with van der Waals surface area (Å²) in [6, 6.07) is 8.65. The number of benzene rings is 1. The summed E-state index contributed by atoms with van der Waals surface area (Å²) < 4.78 is 22.5. The largest absolute Gasteiger partial charge is 0.493 e. The molecule has 2 heterocycles. The van der Waals surface area contributed by atoms with Crippen molar-refractivity contribution in [3.63, 3.8) is 0 Å². The first-order valence-electron chi connectivity index (χ1n) is 15.4. The first-order chi connectivity index (χ1) is 21.5. The Hall–Kier alpha value is -3.12. The number of esters is 1. The van der Waals surface area contributed by atoms with Crippen LogP contribution in [0.4, 0.5) is 10.5 Å². The summed E-state index contributed by atoms with van der Waals surface area (Å²) in [5, 5.41) is 3.63. The minimum Gasteiger partial charge on any atom is -0.493 e. The zero-order chi connectivity index (χ0) is 32.8. The van der Waals surface area contributed by atoms with E-state index < -0.39 is 12.1 Å². The van der Waals surface area contributed by atoms with Gasteiger partial charge in [0.25, 0.3) is 5.91 Å². The molecule has 0 saturated carbocycles. The number of rotatable bonds is 16. The summed E-state index contributed by atoms with van der Waals surface area (Å²) in [4.78, 5) is 44.3. The molecule has 2 atom stereocenters. The van der Waals surface area contributed by atoms with Gasteiger partial charge in [0.05, 0.1) is 31.0 Å². The summed E-state index contributed by atoms with van der Waals surface area (Å²) in [6.07, 6.45) is 6.68. The van der Waals surface area contributed by atoms with Gasteiger partial charge in [0.2, 0.25) is 0 Å². The molecule has 248 valence electrons. The van der Waals surface area contributed by atoms with Crippen molar-refractivity contribution in [1.29, 1.82) is 0 Å². The quantitative estimate of drug-likeness (QED) is 0.109. The van der Waals surface area contributed by atoms with Crippen LogP contribution in [0.25, 0.3) is 0 Å². The Morgan fingerprint density at radius 3 is 2.60 bits per heavy atom. The third kappa shape index (κ3) is 12.7. The van der Waals surface area contributed by atoms with Crippen molar-refractivity contribution < 1.29 is 33.3 Å². The SMILES string of the molecule is COc1cc(C(=O)N2CCC[C@H]2COC(C)=O)c(NC(=O)OCC(C)SSc2ccccn2)cc1OCCCCCC(C)(C)C. The maximum absolute atomic E-state index is 13.9. The fourth-order valence-corrected chi connectivity index (χ4v) is 6.64. The molecule has 1 aromatic heterocycles. The maximum Gasteiger partial charge on any atom is 0.411 e. The summed E-state index contributed by atoms with van der Waals surface area (Å²) in [5.41, 5.74) is 0.793. The molecule has 3 rings (SSSR count). The molecule has 0 bridgehead atoms. The standard InChI is InChI=1S/C33H47N3O7S2/c1-23(44-45-30-14-8-10-16-34-30)21-43-32(39)35-27-20-29(41-18-11-7-9-15-33(3,4)5)28(40-6)19-26(27)31(38)36-17-12-13-25(36)22-42-24(2)37/h8,10,14,16,19-20,23,25H,7,9,11-13,15,17-18,21-22H2,1-6H3,(H,35,39)/t23?,25-/m0/s1. The number of hydrogen-bond donors (Lipinski definition) is 1. The highest BCUT2D eigenvalue weighted by atomic mass is 33.1. The minimum atomic E-state index is -0.685. The van der Waals surface area contributed by atoms with Gasteiger partial charge in [-0.05, 0) is 67.0 Å². The average Bonchev–Trinajstić information content (AvgIpc) is 3.48. The number of nitrogens with one attached hydrogen (secondary N) is 1. The lowest BCUT2D eigenvalue weighted by atomic mass is 9.89. The molecule has 1 aliphatic rings. The Balaban J connectivity index is 1.72. The molecular weight excluding hydrogens is 615 g/mol. The summed E-state index contributed by atoms with van der Waals surface area (Å²) >= 11 is 0. The van der Waals surface area contributed by atoms with E-state index in [0.717, 1.165) is 37.1 Å². The van der Waals surface area contributed by atoms with Gasteiger partial charge in [0.15, 0.2) is 11.5 Å². The molecule has 10 nitrogen and oxygen atoms in total. The third-order valence-electron chi connectivity index (χ3n) is 7.10. The topological polar surface area (TPSA) is 116 Å². The zero-order valence-electron chi connectivity index (χ0n) is 27.3. The van der Waals surface area contributed by atoms with Crippen LogP contribution in [0.1, 0.15) is 83.5 Å². The molecule has 0 aliphatic carbocycles. The van der Waals surface area contributed by atoms with E-state index in [1.54, 1.807) is 34.0 Å². The number of anilines is 1. The van der Waals surface area contributed by atoms with Gasteiger partial charge in [-0.1, -0.05) is 50.5 Å². The highest BCUT2D eigenvalue weighted by Gasteiger charge is 2.32. The van der Waals surface area contributed by atoms with Crippen molar-refractivity contribution in [2.45, 2.75) is 89.5 Å². The normalized spacial score (nSPS) is 15.3. The van der Waals surface area contributed by atoms with E-state index in [1.165, 1.54) is 24.8 Å². The van der Waals surface area contributed by atoms with Crippen LogP contribution in [-0.2, 0) is 14.3 Å². The Morgan fingerprint density at radius 1 is 1.11 bits per heavy atom. The van der Waals surface area contributed by atoms with Gasteiger partial charge in [-0.15, -0.1) is 0 Å². The van der Waals surface area contributed by atoms with Gasteiger partial charge < -0.3 is 23.8 Å². The number of hydrogen-bond acceptors (Lipinski definition) is 10. The highest BCUT2D eigenvalue weighted by molar-refractivity contribution is 8.76. The molecule has 1 N–H and O–H groups in total. The van der Waals surface area contributed by atoms with Crippen molar-refractivity contribution in [2.75, 3.05) is 38.8 Å². The van der Waals surface area contributed by atoms with E-state index in [9.17, 15) is 14.4 Å². The lowest BCUT2D eigenvalue weighted by molar-refractivity contribution is -0.142. The Morgan fingerprint density at radius 2 is 1.91 bits per heavy atom. The van der Waals surface area contributed by atoms with Gasteiger partial charge in [0, 0.05) is 31.0 Å². The summed E-state index contributed by atoms with van der Waals surface area (Å²) in [7, 11) is 4.58. The molecule has 1 unspecified atom stereocenters. The van der Waals surface area contributed by atoms with E-state index in [0.29, 0.717) is 36.5 Å². The molecule has 0 radical (unpaired) electrons. The number of methoxy groups -OCH3 is 1. The van der Waals surface area contributed by atoms with Crippen molar-refractivity contribution in [1.82, 2.24) is 9.88 Å². The third-order valence-corrected chi connectivity index (χ3v) is 9.86. The zero-order valence-corrected chi connectivity index (χ0v) is 28.9. The molecular formula is C33H47N3O7S2. The second-order valence-corrected chi connectivity index (χ2v) is 14.9. The smallest absolute Gasteiger partial charge is 0.411 e. The van der Waals surface area contributed by atoms with Crippen molar-refractivity contribution >= 4 is 45.2 Å². The van der Waals surface area contributed by atoms with Gasteiger partial charge in [0.1, 0.15) is 18.2 Å². The Kier molecular flexibility index (Phi) is 14.6. The fraction of sp³-hybridized carbons (Fsp3) is 0.576. The van der Waals surface area contributed by atoms with Crippen LogP contribution < -0.4 is 14.8 Å². The lowest BCUT2D eigenvalue weighted by Crippen LogP contribution is -2.39. The molecule has 1 aromatic carbocycles. The Bertz CT molecular complexity index is 1260. The van der Waals surface area contributed by atoms with E-state index in [2.05, 4.69) is 31.1 Å².